The van der Waals surface area contributed by atoms with Crippen molar-refractivity contribution in [3.05, 3.63) is 58.9 Å². The van der Waals surface area contributed by atoms with Crippen molar-refractivity contribution in [3.63, 3.8) is 0 Å². The van der Waals surface area contributed by atoms with Crippen LogP contribution >= 0.6 is 0 Å². The van der Waals surface area contributed by atoms with Crippen molar-refractivity contribution in [1.82, 2.24) is 0 Å². The van der Waals surface area contributed by atoms with E-state index in [2.05, 4.69) is 6.92 Å². The number of unbranched alkanes of at least 4 members (excludes halogenated alkanes) is 2. The fourth-order valence-electron chi connectivity index (χ4n) is 3.88. The molecule has 0 aromatic heterocycles. The molecule has 1 fully saturated rings. The highest BCUT2D eigenvalue weighted by atomic mass is 19.2. The highest BCUT2D eigenvalue weighted by Gasteiger charge is 2.27. The lowest BCUT2D eigenvalue weighted by Gasteiger charge is -2.29. The molecule has 0 bridgehead atoms. The molecular weight excluding hydrogens is 377 g/mol. The molecule has 3 rings (SSSR count). The molecule has 2 atom stereocenters. The van der Waals surface area contributed by atoms with Crippen LogP contribution in [-0.2, 0) is 15.9 Å². The number of halogens is 3. The second kappa shape index (κ2) is 10.3. The molecule has 1 heterocycles. The van der Waals surface area contributed by atoms with Crippen molar-refractivity contribution in [2.24, 2.45) is 0 Å². The first kappa shape index (κ1) is 21.8. The van der Waals surface area contributed by atoms with Gasteiger partial charge in [-0.1, -0.05) is 44.0 Å². The molecular formula is C24H29F3O2. The van der Waals surface area contributed by atoms with Crippen LogP contribution in [0.15, 0.2) is 30.3 Å². The van der Waals surface area contributed by atoms with Gasteiger partial charge in [0.15, 0.2) is 17.9 Å². The third-order valence-corrected chi connectivity index (χ3v) is 5.55. The maximum Gasteiger partial charge on any atom is 0.166 e. The Morgan fingerprint density at radius 3 is 2.48 bits per heavy atom. The maximum absolute atomic E-state index is 14.8. The molecule has 29 heavy (non-hydrogen) atoms. The van der Waals surface area contributed by atoms with Crippen LogP contribution in [0.25, 0.3) is 11.1 Å². The van der Waals surface area contributed by atoms with E-state index in [1.54, 1.807) is 18.2 Å². The smallest absolute Gasteiger partial charge is 0.166 e. The molecule has 2 aromatic carbocycles. The van der Waals surface area contributed by atoms with Gasteiger partial charge in [-0.25, -0.2) is 13.2 Å². The zero-order valence-corrected chi connectivity index (χ0v) is 17.1. The Hall–Kier alpha value is -1.85. The van der Waals surface area contributed by atoms with Gasteiger partial charge in [-0.3, -0.25) is 0 Å². The molecule has 1 aliphatic heterocycles. The van der Waals surface area contributed by atoms with E-state index in [0.29, 0.717) is 49.2 Å². The van der Waals surface area contributed by atoms with Crippen LogP contribution in [0.4, 0.5) is 13.2 Å². The summed E-state index contributed by atoms with van der Waals surface area (Å²) in [7, 11) is 0. The quantitative estimate of drug-likeness (QED) is 0.451. The van der Waals surface area contributed by atoms with E-state index in [9.17, 15) is 13.2 Å². The van der Waals surface area contributed by atoms with Gasteiger partial charge in [0.25, 0.3) is 0 Å². The van der Waals surface area contributed by atoms with Crippen molar-refractivity contribution in [3.8, 4) is 11.1 Å². The van der Waals surface area contributed by atoms with E-state index in [-0.39, 0.29) is 23.6 Å². The van der Waals surface area contributed by atoms with Crippen LogP contribution in [-0.4, -0.2) is 19.5 Å². The molecule has 2 nitrogen and oxygen atoms in total. The van der Waals surface area contributed by atoms with Gasteiger partial charge >= 0.3 is 0 Å². The molecule has 0 aliphatic carbocycles. The van der Waals surface area contributed by atoms with Gasteiger partial charge in [-0.2, -0.15) is 0 Å². The number of rotatable bonds is 8. The van der Waals surface area contributed by atoms with E-state index in [1.807, 2.05) is 6.92 Å². The zero-order chi connectivity index (χ0) is 20.8. The Labute approximate surface area is 171 Å². The van der Waals surface area contributed by atoms with Crippen LogP contribution in [0.1, 0.15) is 63.0 Å². The van der Waals surface area contributed by atoms with Crippen LogP contribution < -0.4 is 0 Å². The van der Waals surface area contributed by atoms with Crippen LogP contribution in [0.3, 0.4) is 0 Å². The second-order valence-electron chi connectivity index (χ2n) is 7.59. The Morgan fingerprint density at radius 1 is 1.00 bits per heavy atom. The summed E-state index contributed by atoms with van der Waals surface area (Å²) in [5.41, 5.74) is 1.34. The normalized spacial score (nSPS) is 19.5. The van der Waals surface area contributed by atoms with Gasteiger partial charge in [0.2, 0.25) is 0 Å². The average molecular weight is 406 g/mol. The summed E-state index contributed by atoms with van der Waals surface area (Å²) in [6.07, 6.45) is 4.71. The molecule has 0 radical (unpaired) electrons. The maximum atomic E-state index is 14.8. The summed E-state index contributed by atoms with van der Waals surface area (Å²) in [5, 5.41) is 0. The third-order valence-electron chi connectivity index (χ3n) is 5.55. The summed E-state index contributed by atoms with van der Waals surface area (Å²) in [5.74, 6) is -2.40. The number of aryl methyl sites for hydroxylation is 1. The fourth-order valence-corrected chi connectivity index (χ4v) is 3.88. The summed E-state index contributed by atoms with van der Waals surface area (Å²) >= 11 is 0. The van der Waals surface area contributed by atoms with E-state index in [4.69, 9.17) is 9.47 Å². The Kier molecular flexibility index (Phi) is 7.73. The van der Waals surface area contributed by atoms with Gasteiger partial charge in [-0.15, -0.1) is 0 Å². The molecule has 2 aromatic rings. The third kappa shape index (κ3) is 5.20. The van der Waals surface area contributed by atoms with Gasteiger partial charge in [0.05, 0.1) is 6.61 Å². The van der Waals surface area contributed by atoms with E-state index in [0.717, 1.165) is 19.3 Å². The van der Waals surface area contributed by atoms with Crippen molar-refractivity contribution in [2.45, 2.75) is 64.6 Å². The molecule has 0 amide bonds. The monoisotopic (exact) mass is 406 g/mol. The van der Waals surface area contributed by atoms with Gasteiger partial charge in [0.1, 0.15) is 5.82 Å². The van der Waals surface area contributed by atoms with E-state index < -0.39 is 11.6 Å². The summed E-state index contributed by atoms with van der Waals surface area (Å²) in [4.78, 5) is 0. The molecule has 0 spiro atoms. The van der Waals surface area contributed by atoms with Gasteiger partial charge in [0, 0.05) is 18.1 Å². The SMILES string of the molecule is CCCCCc1ccc(-c2ccc(C3CCC(OCC)OC3)c(F)c2F)cc1F. The fraction of sp³-hybridized carbons (Fsp3) is 0.500. The topological polar surface area (TPSA) is 18.5 Å². The Balaban J connectivity index is 1.77. The largest absolute Gasteiger partial charge is 0.353 e. The minimum atomic E-state index is -0.937. The summed E-state index contributed by atoms with van der Waals surface area (Å²) in [6.45, 7) is 4.84. The Bertz CT molecular complexity index is 814. The predicted molar refractivity (Wildman–Crippen MR) is 108 cm³/mol. The van der Waals surface area contributed by atoms with Crippen LogP contribution in [0.5, 0.6) is 0 Å². The molecule has 158 valence electrons. The van der Waals surface area contributed by atoms with Crippen molar-refractivity contribution < 1.29 is 22.6 Å². The van der Waals surface area contributed by atoms with Crippen molar-refractivity contribution >= 4 is 0 Å². The minimum Gasteiger partial charge on any atom is -0.353 e. The first-order valence-electron chi connectivity index (χ1n) is 10.5. The second-order valence-corrected chi connectivity index (χ2v) is 7.59. The predicted octanol–water partition coefficient (Wildman–Crippen LogP) is 6.76. The standard InChI is InChI=1S/C24H29F3O2/c1-3-5-6-7-16-8-9-17(14-21(16)25)19-11-12-20(24(27)23(19)26)18-10-13-22(28-4-2)29-15-18/h8-9,11-12,14,18,22H,3-7,10,13,15H2,1-2H3. The Morgan fingerprint density at radius 2 is 1.83 bits per heavy atom. The highest BCUT2D eigenvalue weighted by molar-refractivity contribution is 5.65. The van der Waals surface area contributed by atoms with Crippen LogP contribution in [0.2, 0.25) is 0 Å². The van der Waals surface area contributed by atoms with Crippen LogP contribution in [0, 0.1) is 17.5 Å². The zero-order valence-electron chi connectivity index (χ0n) is 17.1. The number of ether oxygens (including phenoxy) is 2. The highest BCUT2D eigenvalue weighted by Crippen LogP contribution is 2.34. The molecule has 1 saturated heterocycles. The summed E-state index contributed by atoms with van der Waals surface area (Å²) in [6, 6.07) is 7.77. The lowest BCUT2D eigenvalue weighted by atomic mass is 9.90. The molecule has 2 unspecified atom stereocenters. The number of hydrogen-bond acceptors (Lipinski definition) is 2. The first-order chi connectivity index (χ1) is 14.0. The van der Waals surface area contributed by atoms with Crippen molar-refractivity contribution in [2.75, 3.05) is 13.2 Å². The summed E-state index contributed by atoms with van der Waals surface area (Å²) < 4.78 is 55.1. The molecule has 5 heteroatoms. The molecule has 0 N–H and O–H groups in total. The molecule has 1 aliphatic rings. The average Bonchev–Trinajstić information content (AvgIpc) is 2.72. The lowest BCUT2D eigenvalue weighted by Crippen LogP contribution is -2.27. The number of hydrogen-bond donors (Lipinski definition) is 0. The van der Waals surface area contributed by atoms with E-state index in [1.165, 1.54) is 12.1 Å². The molecule has 0 saturated carbocycles. The van der Waals surface area contributed by atoms with Gasteiger partial charge in [-0.05, 0) is 55.4 Å². The number of benzene rings is 2. The lowest BCUT2D eigenvalue weighted by molar-refractivity contribution is -0.164. The first-order valence-corrected chi connectivity index (χ1v) is 10.5. The van der Waals surface area contributed by atoms with E-state index >= 15 is 0 Å². The van der Waals surface area contributed by atoms with Gasteiger partial charge < -0.3 is 9.47 Å². The minimum absolute atomic E-state index is 0.0779. The van der Waals surface area contributed by atoms with Crippen molar-refractivity contribution in [1.29, 1.82) is 0 Å².